The first-order valence-electron chi connectivity index (χ1n) is 9.13. The first-order valence-corrected chi connectivity index (χ1v) is 9.51. The molecule has 136 valence electrons. The molecule has 0 saturated heterocycles. The van der Waals surface area contributed by atoms with Crippen molar-refractivity contribution in [1.82, 2.24) is 5.32 Å². The highest BCUT2D eigenvalue weighted by Gasteiger charge is 2.24. The van der Waals surface area contributed by atoms with Crippen LogP contribution in [0.5, 0.6) is 11.5 Å². The second kappa shape index (κ2) is 7.58. The Balaban J connectivity index is 1.38. The second-order valence-electron chi connectivity index (χ2n) is 6.87. The molecule has 0 aromatic heterocycles. The summed E-state index contributed by atoms with van der Waals surface area (Å²) in [6.07, 6.45) is 3.46. The number of ether oxygens (including phenoxy) is 2. The standard InChI is InChI=1S/C21H22ClNO3/c22-18-10-14(11-19-21(18)26-9-3-8-25-19)13-23-20(24)12-16-7-6-15-4-1-2-5-17(15)16/h1-2,4-5,10-11,16H,3,6-9,12-13H2,(H,23,24). The molecule has 0 bridgehead atoms. The van der Waals surface area contributed by atoms with Crippen LogP contribution < -0.4 is 14.8 Å². The average molecular weight is 372 g/mol. The third kappa shape index (κ3) is 3.65. The highest BCUT2D eigenvalue weighted by molar-refractivity contribution is 6.32. The number of carbonyl (C=O) groups excluding carboxylic acids is 1. The van der Waals surface area contributed by atoms with E-state index in [0.29, 0.717) is 48.6 Å². The lowest BCUT2D eigenvalue weighted by Crippen LogP contribution is -2.24. The summed E-state index contributed by atoms with van der Waals surface area (Å²) in [6, 6.07) is 12.2. The molecule has 1 aliphatic heterocycles. The van der Waals surface area contributed by atoms with Crippen molar-refractivity contribution in [2.24, 2.45) is 0 Å². The zero-order valence-corrected chi connectivity index (χ0v) is 15.3. The van der Waals surface area contributed by atoms with Crippen LogP contribution in [-0.4, -0.2) is 19.1 Å². The molecule has 1 N–H and O–H groups in total. The van der Waals surface area contributed by atoms with Crippen LogP contribution in [-0.2, 0) is 17.8 Å². The van der Waals surface area contributed by atoms with Gasteiger partial charge >= 0.3 is 0 Å². The molecule has 0 fully saturated rings. The van der Waals surface area contributed by atoms with Crippen molar-refractivity contribution in [2.45, 2.75) is 38.1 Å². The third-order valence-electron chi connectivity index (χ3n) is 5.04. The SMILES string of the molecule is O=C(CC1CCc2ccccc21)NCc1cc(Cl)c2c(c1)OCCCO2. The van der Waals surface area contributed by atoms with Gasteiger partial charge in [-0.3, -0.25) is 4.79 Å². The number of rotatable bonds is 4. The number of aryl methyl sites for hydroxylation is 1. The third-order valence-corrected chi connectivity index (χ3v) is 5.32. The van der Waals surface area contributed by atoms with Crippen molar-refractivity contribution in [3.05, 3.63) is 58.1 Å². The fraction of sp³-hybridized carbons (Fsp3) is 0.381. The fourth-order valence-corrected chi connectivity index (χ4v) is 4.03. The van der Waals surface area contributed by atoms with Gasteiger partial charge in [-0.05, 0) is 47.6 Å². The van der Waals surface area contributed by atoms with Gasteiger partial charge in [-0.1, -0.05) is 35.9 Å². The minimum atomic E-state index is 0.0648. The Bertz CT molecular complexity index is 821. The van der Waals surface area contributed by atoms with E-state index in [1.165, 1.54) is 11.1 Å². The molecule has 1 aliphatic carbocycles. The summed E-state index contributed by atoms with van der Waals surface area (Å²) in [4.78, 5) is 12.4. The summed E-state index contributed by atoms with van der Waals surface area (Å²) in [5.74, 6) is 1.64. The van der Waals surface area contributed by atoms with Gasteiger partial charge in [0, 0.05) is 19.4 Å². The van der Waals surface area contributed by atoms with E-state index in [2.05, 4.69) is 29.6 Å². The molecule has 1 amide bonds. The molecule has 4 nitrogen and oxygen atoms in total. The van der Waals surface area contributed by atoms with Gasteiger partial charge in [-0.25, -0.2) is 0 Å². The van der Waals surface area contributed by atoms with Crippen molar-refractivity contribution in [3.63, 3.8) is 0 Å². The Morgan fingerprint density at radius 2 is 2.04 bits per heavy atom. The second-order valence-corrected chi connectivity index (χ2v) is 7.28. The predicted octanol–water partition coefficient (Wildman–Crippen LogP) is 4.24. The van der Waals surface area contributed by atoms with Crippen LogP contribution >= 0.6 is 11.6 Å². The predicted molar refractivity (Wildman–Crippen MR) is 101 cm³/mol. The summed E-state index contributed by atoms with van der Waals surface area (Å²) in [5, 5.41) is 3.54. The summed E-state index contributed by atoms with van der Waals surface area (Å²) in [5.41, 5.74) is 3.61. The topological polar surface area (TPSA) is 47.6 Å². The number of hydrogen-bond donors (Lipinski definition) is 1. The van der Waals surface area contributed by atoms with Crippen LogP contribution in [0.4, 0.5) is 0 Å². The van der Waals surface area contributed by atoms with E-state index in [0.717, 1.165) is 24.8 Å². The molecule has 0 radical (unpaired) electrons. The Morgan fingerprint density at radius 3 is 2.96 bits per heavy atom. The maximum atomic E-state index is 12.4. The van der Waals surface area contributed by atoms with Gasteiger partial charge in [0.25, 0.3) is 0 Å². The van der Waals surface area contributed by atoms with E-state index >= 15 is 0 Å². The van der Waals surface area contributed by atoms with E-state index in [1.807, 2.05) is 12.1 Å². The molecule has 4 rings (SSSR count). The molecule has 1 unspecified atom stereocenters. The molecule has 1 heterocycles. The Hall–Kier alpha value is -2.20. The summed E-state index contributed by atoms with van der Waals surface area (Å²) >= 11 is 6.31. The van der Waals surface area contributed by atoms with Crippen molar-refractivity contribution < 1.29 is 14.3 Å². The molecule has 0 saturated carbocycles. The van der Waals surface area contributed by atoms with Crippen LogP contribution in [0.3, 0.4) is 0 Å². The first kappa shape index (κ1) is 17.2. The molecule has 2 aliphatic rings. The lowest BCUT2D eigenvalue weighted by molar-refractivity contribution is -0.121. The largest absolute Gasteiger partial charge is 0.489 e. The number of halogens is 1. The van der Waals surface area contributed by atoms with Crippen molar-refractivity contribution >= 4 is 17.5 Å². The van der Waals surface area contributed by atoms with E-state index in [1.54, 1.807) is 0 Å². The van der Waals surface area contributed by atoms with E-state index < -0.39 is 0 Å². The lowest BCUT2D eigenvalue weighted by Gasteiger charge is -2.14. The summed E-state index contributed by atoms with van der Waals surface area (Å²) in [7, 11) is 0. The zero-order valence-electron chi connectivity index (χ0n) is 14.6. The van der Waals surface area contributed by atoms with E-state index in [9.17, 15) is 4.79 Å². The number of amides is 1. The summed E-state index contributed by atoms with van der Waals surface area (Å²) < 4.78 is 11.3. The highest BCUT2D eigenvalue weighted by atomic mass is 35.5. The highest BCUT2D eigenvalue weighted by Crippen LogP contribution is 2.38. The molecule has 2 aromatic carbocycles. The van der Waals surface area contributed by atoms with Crippen molar-refractivity contribution in [2.75, 3.05) is 13.2 Å². The van der Waals surface area contributed by atoms with E-state index in [-0.39, 0.29) is 5.91 Å². The maximum Gasteiger partial charge on any atom is 0.220 e. The quantitative estimate of drug-likeness (QED) is 0.874. The van der Waals surface area contributed by atoms with Gasteiger partial charge in [0.05, 0.1) is 18.2 Å². The van der Waals surface area contributed by atoms with Gasteiger partial charge in [-0.2, -0.15) is 0 Å². The Morgan fingerprint density at radius 1 is 1.19 bits per heavy atom. The Labute approximate surface area is 158 Å². The molecule has 0 spiro atoms. The maximum absolute atomic E-state index is 12.4. The summed E-state index contributed by atoms with van der Waals surface area (Å²) in [6.45, 7) is 1.65. The van der Waals surface area contributed by atoms with Crippen molar-refractivity contribution in [1.29, 1.82) is 0 Å². The van der Waals surface area contributed by atoms with Gasteiger partial charge in [0.2, 0.25) is 5.91 Å². The van der Waals surface area contributed by atoms with Gasteiger partial charge in [-0.15, -0.1) is 0 Å². The molecule has 2 aromatic rings. The van der Waals surface area contributed by atoms with Gasteiger partial charge in [0.1, 0.15) is 0 Å². The monoisotopic (exact) mass is 371 g/mol. The van der Waals surface area contributed by atoms with Gasteiger partial charge < -0.3 is 14.8 Å². The van der Waals surface area contributed by atoms with Crippen LogP contribution in [0.25, 0.3) is 0 Å². The fourth-order valence-electron chi connectivity index (χ4n) is 3.74. The molecular weight excluding hydrogens is 350 g/mol. The Kier molecular flexibility index (Phi) is 5.02. The molecule has 1 atom stereocenters. The van der Waals surface area contributed by atoms with Crippen molar-refractivity contribution in [3.8, 4) is 11.5 Å². The normalized spacial score (nSPS) is 18.1. The minimum absolute atomic E-state index is 0.0648. The first-order chi connectivity index (χ1) is 12.7. The molecule has 5 heteroatoms. The van der Waals surface area contributed by atoms with E-state index in [4.69, 9.17) is 21.1 Å². The number of benzene rings is 2. The molecular formula is C21H22ClNO3. The lowest BCUT2D eigenvalue weighted by atomic mass is 9.97. The molecule has 26 heavy (non-hydrogen) atoms. The number of nitrogens with one attached hydrogen (secondary N) is 1. The number of hydrogen-bond acceptors (Lipinski definition) is 3. The average Bonchev–Trinajstić information content (AvgIpc) is 2.88. The van der Waals surface area contributed by atoms with Gasteiger partial charge in [0.15, 0.2) is 11.5 Å². The van der Waals surface area contributed by atoms with Crippen LogP contribution in [0, 0.1) is 0 Å². The van der Waals surface area contributed by atoms with Crippen LogP contribution in [0.1, 0.15) is 41.9 Å². The van der Waals surface area contributed by atoms with Crippen LogP contribution in [0.15, 0.2) is 36.4 Å². The van der Waals surface area contributed by atoms with Crippen LogP contribution in [0.2, 0.25) is 5.02 Å². The number of fused-ring (bicyclic) bond motifs is 2. The zero-order chi connectivity index (χ0) is 17.9. The number of carbonyl (C=O) groups is 1. The smallest absolute Gasteiger partial charge is 0.220 e. The minimum Gasteiger partial charge on any atom is -0.489 e.